The molecule has 0 saturated heterocycles. The van der Waals surface area contributed by atoms with Gasteiger partial charge in [0.15, 0.2) is 0 Å². The van der Waals surface area contributed by atoms with Crippen molar-refractivity contribution in [1.29, 1.82) is 0 Å². The van der Waals surface area contributed by atoms with Crippen LogP contribution in [-0.4, -0.2) is 25.9 Å². The zero-order chi connectivity index (χ0) is 26.1. The number of aryl methyl sites for hydroxylation is 3. The Labute approximate surface area is 211 Å². The van der Waals surface area contributed by atoms with Crippen molar-refractivity contribution in [2.24, 2.45) is 14.1 Å². The quantitative estimate of drug-likeness (QED) is 0.294. The zero-order valence-corrected chi connectivity index (χ0v) is 20.5. The Bertz CT molecular complexity index is 1640. The Hall–Kier alpha value is -4.53. The number of rotatable bonds is 7. The van der Waals surface area contributed by atoms with Crippen molar-refractivity contribution in [1.82, 2.24) is 19.3 Å². The maximum atomic E-state index is 12.5. The Morgan fingerprint density at radius 3 is 2.43 bits per heavy atom. The molecule has 0 amide bonds. The average Bonchev–Trinajstić information content (AvgIpc) is 3.24. The maximum absolute atomic E-state index is 12.5. The molecule has 9 heteroatoms. The fraction of sp³-hybridized carbons (Fsp3) is 0.179. The minimum atomic E-state index is -2.87. The molecule has 0 N–H and O–H groups in total. The molecule has 0 saturated carbocycles. The smallest absolute Gasteiger partial charge is 0.387 e. The van der Waals surface area contributed by atoms with E-state index >= 15 is 0 Å². The Kier molecular flexibility index (Phi) is 6.43. The first-order chi connectivity index (χ1) is 17.8. The number of fused-ring (bicyclic) bond motifs is 1. The fourth-order valence-corrected chi connectivity index (χ4v) is 4.17. The van der Waals surface area contributed by atoms with Crippen LogP contribution in [0, 0.1) is 6.92 Å². The lowest BCUT2D eigenvalue weighted by molar-refractivity contribution is -0.0497. The largest absolute Gasteiger partial charge is 0.471 e. The highest BCUT2D eigenvalue weighted by Gasteiger charge is 2.13. The molecular weight excluding hydrogens is 478 g/mol. The molecule has 0 bridgehead atoms. The van der Waals surface area contributed by atoms with E-state index in [1.807, 2.05) is 50.5 Å². The monoisotopic (exact) mass is 502 g/mol. The number of aromatic nitrogens is 4. The number of hydrogen-bond acceptors (Lipinski definition) is 5. The molecule has 5 rings (SSSR count). The molecule has 0 atom stereocenters. The van der Waals surface area contributed by atoms with Gasteiger partial charge in [0.1, 0.15) is 12.4 Å². The van der Waals surface area contributed by atoms with E-state index in [1.54, 1.807) is 36.1 Å². The molecule has 0 unspecified atom stereocenters. The summed E-state index contributed by atoms with van der Waals surface area (Å²) in [6, 6.07) is 17.8. The van der Waals surface area contributed by atoms with Gasteiger partial charge in [-0.3, -0.25) is 9.48 Å². The molecule has 5 aromatic rings. The number of pyridine rings is 2. The van der Waals surface area contributed by atoms with Crippen molar-refractivity contribution in [2.45, 2.75) is 20.1 Å². The SMILES string of the molecule is Cc1cc2cc(OC(F)F)ccc2nc1-c1ccc(COc2nn(C)cc2-c2ccc(=O)n(C)c2)cc1. The lowest BCUT2D eigenvalue weighted by Gasteiger charge is -2.11. The van der Waals surface area contributed by atoms with Gasteiger partial charge in [0.25, 0.3) is 0 Å². The van der Waals surface area contributed by atoms with Crippen LogP contribution in [0.3, 0.4) is 0 Å². The molecular formula is C28H24F2N4O3. The second-order valence-corrected chi connectivity index (χ2v) is 8.76. The highest BCUT2D eigenvalue weighted by atomic mass is 19.3. The average molecular weight is 503 g/mol. The predicted octanol–water partition coefficient (Wildman–Crippen LogP) is 5.49. The van der Waals surface area contributed by atoms with Crippen LogP contribution in [-0.2, 0) is 20.7 Å². The van der Waals surface area contributed by atoms with Gasteiger partial charge in [0.05, 0.1) is 16.8 Å². The first-order valence-corrected chi connectivity index (χ1v) is 11.6. The highest BCUT2D eigenvalue weighted by molar-refractivity contribution is 5.84. The van der Waals surface area contributed by atoms with Gasteiger partial charge in [-0.15, -0.1) is 5.10 Å². The lowest BCUT2D eigenvalue weighted by Crippen LogP contribution is -2.13. The van der Waals surface area contributed by atoms with E-state index in [-0.39, 0.29) is 11.3 Å². The van der Waals surface area contributed by atoms with Gasteiger partial charge in [-0.25, -0.2) is 4.98 Å². The van der Waals surface area contributed by atoms with Crippen LogP contribution in [0.4, 0.5) is 8.78 Å². The summed E-state index contributed by atoms with van der Waals surface area (Å²) >= 11 is 0. The minimum absolute atomic E-state index is 0.0863. The van der Waals surface area contributed by atoms with Crippen molar-refractivity contribution in [3.05, 3.63) is 94.5 Å². The molecule has 37 heavy (non-hydrogen) atoms. The summed E-state index contributed by atoms with van der Waals surface area (Å²) in [5.74, 6) is 0.584. The van der Waals surface area contributed by atoms with Gasteiger partial charge in [-0.05, 0) is 48.4 Å². The first kappa shape index (κ1) is 24.2. The van der Waals surface area contributed by atoms with Crippen molar-refractivity contribution < 1.29 is 18.3 Å². The van der Waals surface area contributed by atoms with Gasteiger partial charge in [-0.2, -0.15) is 8.78 Å². The third-order valence-corrected chi connectivity index (χ3v) is 6.00. The number of nitrogens with zero attached hydrogens (tertiary/aromatic N) is 4. The van der Waals surface area contributed by atoms with Gasteiger partial charge in [0.2, 0.25) is 11.4 Å². The van der Waals surface area contributed by atoms with E-state index in [4.69, 9.17) is 9.72 Å². The second-order valence-electron chi connectivity index (χ2n) is 8.76. The molecule has 0 radical (unpaired) electrons. The third kappa shape index (κ3) is 5.20. The Balaban J connectivity index is 1.34. The van der Waals surface area contributed by atoms with E-state index in [0.29, 0.717) is 18.0 Å². The molecule has 2 aromatic carbocycles. The summed E-state index contributed by atoms with van der Waals surface area (Å²) in [6.07, 6.45) is 3.61. The van der Waals surface area contributed by atoms with Crippen LogP contribution < -0.4 is 15.0 Å². The van der Waals surface area contributed by atoms with Crippen molar-refractivity contribution in [2.75, 3.05) is 0 Å². The van der Waals surface area contributed by atoms with Gasteiger partial charge >= 0.3 is 6.61 Å². The fourth-order valence-electron chi connectivity index (χ4n) is 4.17. The molecule has 3 heterocycles. The predicted molar refractivity (Wildman–Crippen MR) is 137 cm³/mol. The van der Waals surface area contributed by atoms with Crippen molar-refractivity contribution >= 4 is 10.9 Å². The topological polar surface area (TPSA) is 71.2 Å². The zero-order valence-electron chi connectivity index (χ0n) is 20.5. The Morgan fingerprint density at radius 1 is 0.946 bits per heavy atom. The van der Waals surface area contributed by atoms with Crippen LogP contribution in [0.1, 0.15) is 11.1 Å². The molecule has 0 aliphatic carbocycles. The second kappa shape index (κ2) is 9.85. The number of alkyl halides is 2. The number of halogens is 2. The van der Waals surface area contributed by atoms with Crippen LogP contribution in [0.5, 0.6) is 11.6 Å². The summed E-state index contributed by atoms with van der Waals surface area (Å²) in [4.78, 5) is 16.5. The molecule has 3 aromatic heterocycles. The van der Waals surface area contributed by atoms with Gasteiger partial charge < -0.3 is 14.0 Å². The number of benzene rings is 2. The summed E-state index contributed by atoms with van der Waals surface area (Å²) < 4.78 is 38.8. The van der Waals surface area contributed by atoms with Crippen molar-refractivity contribution in [3.8, 4) is 34.0 Å². The van der Waals surface area contributed by atoms with E-state index in [0.717, 1.165) is 38.9 Å². The Morgan fingerprint density at radius 2 is 1.70 bits per heavy atom. The lowest BCUT2D eigenvalue weighted by atomic mass is 10.0. The summed E-state index contributed by atoms with van der Waals surface area (Å²) in [5, 5.41) is 5.16. The molecule has 0 fully saturated rings. The van der Waals surface area contributed by atoms with Crippen LogP contribution in [0.15, 0.2) is 77.9 Å². The molecule has 7 nitrogen and oxygen atoms in total. The normalized spacial score (nSPS) is 11.3. The summed E-state index contributed by atoms with van der Waals surface area (Å²) in [5.41, 5.74) is 5.85. The number of ether oxygens (including phenoxy) is 2. The van der Waals surface area contributed by atoms with E-state index in [2.05, 4.69) is 9.84 Å². The molecule has 188 valence electrons. The van der Waals surface area contributed by atoms with Crippen LogP contribution >= 0.6 is 0 Å². The highest BCUT2D eigenvalue weighted by Crippen LogP contribution is 2.30. The number of hydrogen-bond donors (Lipinski definition) is 0. The summed E-state index contributed by atoms with van der Waals surface area (Å²) in [7, 11) is 3.52. The van der Waals surface area contributed by atoms with Crippen LogP contribution in [0.2, 0.25) is 0 Å². The van der Waals surface area contributed by atoms with E-state index < -0.39 is 6.61 Å². The standard InChI is InChI=1S/C28H24F2N4O3/c1-17-12-21-13-22(37-28(29)30)9-10-24(21)31-26(17)19-6-4-18(5-7-19)16-36-27-23(15-34(3)32-27)20-8-11-25(35)33(2)14-20/h4-15,28H,16H2,1-3H3. The van der Waals surface area contributed by atoms with Crippen molar-refractivity contribution in [3.63, 3.8) is 0 Å². The van der Waals surface area contributed by atoms with E-state index in [1.165, 1.54) is 16.7 Å². The van der Waals surface area contributed by atoms with Gasteiger partial charge in [0, 0.05) is 49.1 Å². The van der Waals surface area contributed by atoms with Crippen LogP contribution in [0.25, 0.3) is 33.3 Å². The third-order valence-electron chi connectivity index (χ3n) is 6.00. The minimum Gasteiger partial charge on any atom is -0.471 e. The first-order valence-electron chi connectivity index (χ1n) is 11.6. The van der Waals surface area contributed by atoms with Gasteiger partial charge in [-0.1, -0.05) is 24.3 Å². The molecule has 0 aliphatic heterocycles. The maximum Gasteiger partial charge on any atom is 0.387 e. The summed E-state index contributed by atoms with van der Waals surface area (Å²) in [6.45, 7) is -0.625. The van der Waals surface area contributed by atoms with E-state index in [9.17, 15) is 13.6 Å². The molecule has 0 aliphatic rings. The molecule has 0 spiro atoms.